The van der Waals surface area contributed by atoms with Gasteiger partial charge in [0.25, 0.3) is 0 Å². The number of nitrogens with zero attached hydrogens (tertiary/aromatic N) is 2. The van der Waals surface area contributed by atoms with E-state index in [1.807, 2.05) is 6.26 Å². The first-order valence-electron chi connectivity index (χ1n) is 6.05. The summed E-state index contributed by atoms with van der Waals surface area (Å²) in [7, 11) is 0. The first-order valence-corrected chi connectivity index (χ1v) is 8.22. The summed E-state index contributed by atoms with van der Waals surface area (Å²) in [6.07, 6.45) is 3.58. The highest BCUT2D eigenvalue weighted by Crippen LogP contribution is 2.09. The van der Waals surface area contributed by atoms with Gasteiger partial charge in [0.1, 0.15) is 5.04 Å². The zero-order valence-corrected chi connectivity index (χ0v) is 13.2. The lowest BCUT2D eigenvalue weighted by Crippen LogP contribution is -2.27. The highest BCUT2D eigenvalue weighted by molar-refractivity contribution is 8.13. The van der Waals surface area contributed by atoms with E-state index in [0.717, 1.165) is 31.0 Å². The lowest BCUT2D eigenvalue weighted by atomic mass is 10.4. The minimum atomic E-state index is -0.510. The van der Waals surface area contributed by atoms with Crippen LogP contribution in [0.2, 0.25) is 0 Å². The molecule has 1 N–H and O–H groups in total. The van der Waals surface area contributed by atoms with Crippen molar-refractivity contribution in [2.24, 2.45) is 5.16 Å². The lowest BCUT2D eigenvalue weighted by Gasteiger charge is -2.19. The largest absolute Gasteiger partial charge is 0.434 e. The number of carbonyl (C=O) groups excluding carboxylic acids is 1. The van der Waals surface area contributed by atoms with Gasteiger partial charge in [-0.3, -0.25) is 4.84 Å². The van der Waals surface area contributed by atoms with Crippen molar-refractivity contribution < 1.29 is 9.63 Å². The standard InChI is InChI=1S/C11H23N3O2S2/c1-5-7-14(8-6-2)18-9-12-11(15)16-13-10(3)17-4/h5-9H2,1-4H3,(H,12,15)/b13-10+. The molecule has 0 aromatic rings. The van der Waals surface area contributed by atoms with E-state index in [0.29, 0.717) is 5.88 Å². The van der Waals surface area contributed by atoms with Gasteiger partial charge in [-0.25, -0.2) is 9.10 Å². The molecule has 0 aromatic heterocycles. The molecule has 0 fully saturated rings. The average Bonchev–Trinajstić information content (AvgIpc) is 2.36. The van der Waals surface area contributed by atoms with E-state index in [4.69, 9.17) is 0 Å². The van der Waals surface area contributed by atoms with Crippen LogP contribution in [-0.2, 0) is 4.84 Å². The van der Waals surface area contributed by atoms with E-state index in [-0.39, 0.29) is 0 Å². The van der Waals surface area contributed by atoms with E-state index < -0.39 is 6.09 Å². The molecule has 0 bridgehead atoms. The van der Waals surface area contributed by atoms with Gasteiger partial charge in [0.15, 0.2) is 0 Å². The Morgan fingerprint density at radius 3 is 2.44 bits per heavy atom. The van der Waals surface area contributed by atoms with Crippen molar-refractivity contribution in [2.75, 3.05) is 25.2 Å². The molecule has 0 rings (SSSR count). The molecule has 7 heteroatoms. The van der Waals surface area contributed by atoms with Crippen LogP contribution in [-0.4, -0.2) is 40.7 Å². The summed E-state index contributed by atoms with van der Waals surface area (Å²) in [5.74, 6) is 0.507. The topological polar surface area (TPSA) is 53.9 Å². The third kappa shape index (κ3) is 9.61. The SMILES string of the molecule is CCCN(CCC)SCNC(=O)O/N=C(\C)SC. The van der Waals surface area contributed by atoms with Crippen LogP contribution in [0.25, 0.3) is 0 Å². The fourth-order valence-electron chi connectivity index (χ4n) is 1.10. The quantitative estimate of drug-likeness (QED) is 0.186. The molecule has 0 aliphatic heterocycles. The van der Waals surface area contributed by atoms with Crippen LogP contribution in [0, 0.1) is 0 Å². The Balaban J connectivity index is 3.77. The Labute approximate surface area is 118 Å². The molecule has 0 aliphatic carbocycles. The maximum Gasteiger partial charge on any atom is 0.434 e. The van der Waals surface area contributed by atoms with E-state index in [1.165, 1.54) is 11.8 Å². The lowest BCUT2D eigenvalue weighted by molar-refractivity contribution is 0.153. The summed E-state index contributed by atoms with van der Waals surface area (Å²) in [5, 5.41) is 7.03. The number of rotatable bonds is 8. The van der Waals surface area contributed by atoms with Gasteiger partial charge in [-0.2, -0.15) is 0 Å². The molecule has 0 spiro atoms. The zero-order valence-electron chi connectivity index (χ0n) is 11.6. The van der Waals surface area contributed by atoms with Gasteiger partial charge in [0.2, 0.25) is 0 Å². The van der Waals surface area contributed by atoms with E-state index in [2.05, 4.69) is 33.5 Å². The number of carbonyl (C=O) groups is 1. The molecule has 0 unspecified atom stereocenters. The maximum atomic E-state index is 11.3. The number of oxime groups is 1. The van der Waals surface area contributed by atoms with E-state index >= 15 is 0 Å². The van der Waals surface area contributed by atoms with Crippen molar-refractivity contribution in [1.82, 2.24) is 9.62 Å². The summed E-state index contributed by atoms with van der Waals surface area (Å²) in [6, 6.07) is 0. The molecule has 0 radical (unpaired) electrons. The number of hydrogen-bond acceptors (Lipinski definition) is 6. The Morgan fingerprint density at radius 2 is 1.94 bits per heavy atom. The second kappa shape index (κ2) is 11.7. The Bertz CT molecular complexity index is 257. The Kier molecular flexibility index (Phi) is 11.4. The predicted molar refractivity (Wildman–Crippen MR) is 80.9 cm³/mol. The van der Waals surface area contributed by atoms with E-state index in [9.17, 15) is 4.79 Å². The summed E-state index contributed by atoms with van der Waals surface area (Å²) in [4.78, 5) is 16.0. The number of nitrogens with one attached hydrogen (secondary N) is 1. The monoisotopic (exact) mass is 293 g/mol. The summed E-state index contributed by atoms with van der Waals surface area (Å²) in [6.45, 7) is 8.13. The molecule has 18 heavy (non-hydrogen) atoms. The van der Waals surface area contributed by atoms with Gasteiger partial charge in [0.05, 0.1) is 5.88 Å². The van der Waals surface area contributed by atoms with Crippen molar-refractivity contribution in [1.29, 1.82) is 0 Å². The molecule has 1 amide bonds. The fourth-order valence-corrected chi connectivity index (χ4v) is 2.20. The van der Waals surface area contributed by atoms with Crippen LogP contribution in [0.5, 0.6) is 0 Å². The minimum Gasteiger partial charge on any atom is -0.309 e. The second-order valence-corrected chi connectivity index (χ2v) is 5.63. The van der Waals surface area contributed by atoms with Crippen LogP contribution in [0.3, 0.4) is 0 Å². The van der Waals surface area contributed by atoms with Crippen molar-refractivity contribution in [3.8, 4) is 0 Å². The fraction of sp³-hybridized carbons (Fsp3) is 0.818. The normalized spacial score (nSPS) is 11.7. The van der Waals surface area contributed by atoms with Gasteiger partial charge in [0, 0.05) is 13.1 Å². The highest BCUT2D eigenvalue weighted by Gasteiger charge is 2.05. The van der Waals surface area contributed by atoms with Crippen LogP contribution < -0.4 is 5.32 Å². The Hall–Kier alpha value is -0.400. The average molecular weight is 293 g/mol. The van der Waals surface area contributed by atoms with Crippen molar-refractivity contribution in [2.45, 2.75) is 33.6 Å². The third-order valence-electron chi connectivity index (χ3n) is 1.96. The second-order valence-electron chi connectivity index (χ2n) is 3.57. The summed E-state index contributed by atoms with van der Waals surface area (Å²) < 4.78 is 2.25. The molecule has 0 aromatic carbocycles. The smallest absolute Gasteiger partial charge is 0.309 e. The number of hydrogen-bond donors (Lipinski definition) is 1. The summed E-state index contributed by atoms with van der Waals surface area (Å²) >= 11 is 3.05. The molecule has 0 aliphatic rings. The van der Waals surface area contributed by atoms with Crippen molar-refractivity contribution in [3.05, 3.63) is 0 Å². The van der Waals surface area contributed by atoms with Crippen LogP contribution in [0.4, 0.5) is 4.79 Å². The van der Waals surface area contributed by atoms with E-state index in [1.54, 1.807) is 18.9 Å². The molecule has 5 nitrogen and oxygen atoms in total. The maximum absolute atomic E-state index is 11.3. The molecule has 0 saturated carbocycles. The van der Waals surface area contributed by atoms with Crippen LogP contribution in [0.15, 0.2) is 5.16 Å². The molecular weight excluding hydrogens is 270 g/mol. The predicted octanol–water partition coefficient (Wildman–Crippen LogP) is 3.14. The van der Waals surface area contributed by atoms with Crippen molar-refractivity contribution >= 4 is 34.8 Å². The van der Waals surface area contributed by atoms with Crippen LogP contribution in [0.1, 0.15) is 33.6 Å². The van der Waals surface area contributed by atoms with Gasteiger partial charge in [-0.1, -0.05) is 31.0 Å². The molecule has 0 saturated heterocycles. The highest BCUT2D eigenvalue weighted by atomic mass is 32.2. The van der Waals surface area contributed by atoms with Gasteiger partial charge in [-0.15, -0.1) is 11.8 Å². The third-order valence-corrected chi connectivity index (χ3v) is 3.63. The first kappa shape index (κ1) is 17.6. The number of amides is 1. The van der Waals surface area contributed by atoms with Gasteiger partial charge < -0.3 is 5.32 Å². The zero-order chi connectivity index (χ0) is 13.8. The van der Waals surface area contributed by atoms with Crippen LogP contribution >= 0.6 is 23.7 Å². The molecule has 0 heterocycles. The number of thioether (sulfide) groups is 1. The molecule has 106 valence electrons. The molecular formula is C11H23N3O2S2. The van der Waals surface area contributed by atoms with Gasteiger partial charge >= 0.3 is 6.09 Å². The van der Waals surface area contributed by atoms with Gasteiger partial charge in [-0.05, 0) is 26.0 Å². The van der Waals surface area contributed by atoms with Crippen molar-refractivity contribution in [3.63, 3.8) is 0 Å². The summed E-state index contributed by atoms with van der Waals surface area (Å²) in [5.41, 5.74) is 0. The molecule has 0 atom stereocenters. The first-order chi connectivity index (χ1) is 8.63. The minimum absolute atomic E-state index is 0.507. The Morgan fingerprint density at radius 1 is 1.33 bits per heavy atom.